The Morgan fingerprint density at radius 1 is 1.55 bits per heavy atom. The lowest BCUT2D eigenvalue weighted by molar-refractivity contribution is 0.159. The van der Waals surface area contributed by atoms with Crippen molar-refractivity contribution in [2.45, 2.75) is 12.0 Å². The number of nitrogens with one attached hydrogen (secondary N) is 1. The van der Waals surface area contributed by atoms with Crippen LogP contribution in [-0.2, 0) is 4.74 Å². The Kier molecular flexibility index (Phi) is 5.74. The van der Waals surface area contributed by atoms with Gasteiger partial charge in [0, 0.05) is 55.3 Å². The summed E-state index contributed by atoms with van der Waals surface area (Å²) in [5, 5.41) is 2.96. The van der Waals surface area contributed by atoms with Crippen molar-refractivity contribution in [2.24, 2.45) is 0 Å². The standard InChI is InChI=1S/C14H18FIN2O2/c1-20-6-5-18-8-12(13(9-18)17-14(16)19)10-3-2-4-11(15)7-10/h2-4,7,12-13H,5-6,8-9H2,1H3,(H,17,19)/t12-,13+/m0/s1. The molecule has 1 fully saturated rings. The summed E-state index contributed by atoms with van der Waals surface area (Å²) in [5.74, 6) is -0.126. The molecule has 20 heavy (non-hydrogen) atoms. The molecule has 1 aliphatic heterocycles. The van der Waals surface area contributed by atoms with Gasteiger partial charge in [-0.1, -0.05) is 12.1 Å². The lowest BCUT2D eigenvalue weighted by atomic mass is 9.94. The molecular formula is C14H18FIN2O2. The Bertz CT molecular complexity index is 472. The van der Waals surface area contributed by atoms with Gasteiger partial charge >= 0.3 is 0 Å². The van der Waals surface area contributed by atoms with Crippen molar-refractivity contribution >= 4 is 26.5 Å². The maximum Gasteiger partial charge on any atom is 0.280 e. The highest BCUT2D eigenvalue weighted by Gasteiger charge is 2.34. The van der Waals surface area contributed by atoms with E-state index in [2.05, 4.69) is 10.2 Å². The smallest absolute Gasteiger partial charge is 0.280 e. The maximum atomic E-state index is 13.4. The topological polar surface area (TPSA) is 41.6 Å². The number of hydrogen-bond acceptors (Lipinski definition) is 3. The lowest BCUT2D eigenvalue weighted by Crippen LogP contribution is -2.37. The van der Waals surface area contributed by atoms with Gasteiger partial charge in [-0.15, -0.1) is 0 Å². The second-order valence-electron chi connectivity index (χ2n) is 4.94. The van der Waals surface area contributed by atoms with E-state index < -0.39 is 0 Å². The third-order valence-electron chi connectivity index (χ3n) is 3.58. The van der Waals surface area contributed by atoms with Crippen LogP contribution in [0.5, 0.6) is 0 Å². The van der Waals surface area contributed by atoms with Crippen molar-refractivity contribution in [3.8, 4) is 0 Å². The Hall–Kier alpha value is -0.730. The molecule has 1 aliphatic rings. The van der Waals surface area contributed by atoms with Gasteiger partial charge in [0.15, 0.2) is 0 Å². The number of carbonyl (C=O) groups excluding carboxylic acids is 1. The molecule has 1 N–H and O–H groups in total. The molecule has 0 unspecified atom stereocenters. The van der Waals surface area contributed by atoms with Crippen LogP contribution < -0.4 is 5.32 Å². The number of carbonyl (C=O) groups is 1. The number of benzene rings is 1. The first-order valence-corrected chi connectivity index (χ1v) is 7.60. The van der Waals surface area contributed by atoms with E-state index in [1.54, 1.807) is 41.8 Å². The van der Waals surface area contributed by atoms with Crippen LogP contribution in [0.3, 0.4) is 0 Å². The summed E-state index contributed by atoms with van der Waals surface area (Å²) < 4.78 is 18.4. The van der Waals surface area contributed by atoms with Crippen LogP contribution in [0.15, 0.2) is 24.3 Å². The van der Waals surface area contributed by atoms with Crippen LogP contribution in [0.25, 0.3) is 0 Å². The van der Waals surface area contributed by atoms with Crippen LogP contribution in [-0.4, -0.2) is 48.2 Å². The summed E-state index contributed by atoms with van der Waals surface area (Å²) in [6.07, 6.45) is 0. The minimum Gasteiger partial charge on any atom is -0.383 e. The van der Waals surface area contributed by atoms with E-state index in [0.717, 1.165) is 25.2 Å². The molecule has 110 valence electrons. The Balaban J connectivity index is 2.12. The van der Waals surface area contributed by atoms with E-state index in [-0.39, 0.29) is 21.7 Å². The summed E-state index contributed by atoms with van der Waals surface area (Å²) in [4.78, 5) is 13.6. The molecule has 1 saturated heterocycles. The Morgan fingerprint density at radius 3 is 3.00 bits per heavy atom. The van der Waals surface area contributed by atoms with Gasteiger partial charge in [0.05, 0.1) is 12.6 Å². The van der Waals surface area contributed by atoms with Crippen molar-refractivity contribution in [2.75, 3.05) is 33.4 Å². The van der Waals surface area contributed by atoms with Crippen molar-refractivity contribution < 1.29 is 13.9 Å². The molecular weight excluding hydrogens is 374 g/mol. The highest BCUT2D eigenvalue weighted by atomic mass is 127. The number of halogens is 2. The normalized spacial score (nSPS) is 22.9. The minimum atomic E-state index is -0.239. The van der Waals surface area contributed by atoms with Gasteiger partial charge in [-0.25, -0.2) is 4.39 Å². The molecule has 1 aromatic carbocycles. The fourth-order valence-corrected chi connectivity index (χ4v) is 3.06. The first-order chi connectivity index (χ1) is 9.60. The van der Waals surface area contributed by atoms with Gasteiger partial charge in [-0.2, -0.15) is 0 Å². The van der Waals surface area contributed by atoms with Gasteiger partial charge < -0.3 is 10.1 Å². The van der Waals surface area contributed by atoms with Crippen LogP contribution in [0.1, 0.15) is 11.5 Å². The number of amides is 1. The van der Waals surface area contributed by atoms with E-state index in [1.807, 2.05) is 6.07 Å². The quantitative estimate of drug-likeness (QED) is 0.476. The molecule has 0 aromatic heterocycles. The number of methoxy groups -OCH3 is 1. The van der Waals surface area contributed by atoms with Gasteiger partial charge in [0.25, 0.3) is 3.91 Å². The first-order valence-electron chi connectivity index (χ1n) is 6.53. The van der Waals surface area contributed by atoms with E-state index >= 15 is 0 Å². The van der Waals surface area contributed by atoms with Crippen LogP contribution >= 0.6 is 22.6 Å². The molecule has 0 saturated carbocycles. The molecule has 0 bridgehead atoms. The van der Waals surface area contributed by atoms with Crippen molar-refractivity contribution in [3.63, 3.8) is 0 Å². The average molecular weight is 392 g/mol. The van der Waals surface area contributed by atoms with Crippen molar-refractivity contribution in [3.05, 3.63) is 35.6 Å². The summed E-state index contributed by atoms with van der Waals surface area (Å²) in [6, 6.07) is 6.63. The zero-order valence-corrected chi connectivity index (χ0v) is 13.5. The fraction of sp³-hybridized carbons (Fsp3) is 0.500. The zero-order valence-electron chi connectivity index (χ0n) is 11.3. The maximum absolute atomic E-state index is 13.4. The molecule has 0 radical (unpaired) electrons. The molecule has 0 aliphatic carbocycles. The third-order valence-corrected chi connectivity index (χ3v) is 3.89. The van der Waals surface area contributed by atoms with Gasteiger partial charge in [-0.05, 0) is 17.7 Å². The number of rotatable bonds is 5. The molecule has 1 aromatic rings. The number of ether oxygens (including phenoxy) is 1. The SMILES string of the molecule is COCCN1C[C@@H](NC(=O)I)[C@H](c2cccc(F)c2)C1. The fourth-order valence-electron chi connectivity index (χ4n) is 2.66. The monoisotopic (exact) mass is 392 g/mol. The van der Waals surface area contributed by atoms with E-state index in [4.69, 9.17) is 4.74 Å². The predicted molar refractivity (Wildman–Crippen MR) is 83.8 cm³/mol. The van der Waals surface area contributed by atoms with Crippen molar-refractivity contribution in [1.29, 1.82) is 0 Å². The third kappa shape index (κ3) is 4.13. The van der Waals surface area contributed by atoms with E-state index in [0.29, 0.717) is 6.61 Å². The highest BCUT2D eigenvalue weighted by molar-refractivity contribution is 14.1. The number of nitrogens with zero attached hydrogens (tertiary/aromatic N) is 1. The molecule has 1 heterocycles. The second kappa shape index (κ2) is 7.33. The zero-order chi connectivity index (χ0) is 14.5. The van der Waals surface area contributed by atoms with Crippen LogP contribution in [0, 0.1) is 5.82 Å². The molecule has 1 amide bonds. The van der Waals surface area contributed by atoms with Gasteiger partial charge in [-0.3, -0.25) is 9.69 Å². The van der Waals surface area contributed by atoms with Crippen molar-refractivity contribution in [1.82, 2.24) is 10.2 Å². The Labute approximate surface area is 131 Å². The molecule has 6 heteroatoms. The van der Waals surface area contributed by atoms with Crippen LogP contribution in [0.4, 0.5) is 9.18 Å². The predicted octanol–water partition coefficient (Wildman–Crippen LogP) is 2.38. The number of likely N-dealkylation sites (tertiary alicyclic amines) is 1. The van der Waals surface area contributed by atoms with Crippen LogP contribution in [0.2, 0.25) is 0 Å². The molecule has 4 nitrogen and oxygen atoms in total. The number of hydrogen-bond donors (Lipinski definition) is 1. The summed E-state index contributed by atoms with van der Waals surface area (Å²) in [5.41, 5.74) is 0.931. The molecule has 2 atom stereocenters. The second-order valence-corrected chi connectivity index (χ2v) is 5.92. The first kappa shape index (κ1) is 15.7. The Morgan fingerprint density at radius 2 is 2.35 bits per heavy atom. The average Bonchev–Trinajstić information content (AvgIpc) is 2.78. The highest BCUT2D eigenvalue weighted by Crippen LogP contribution is 2.28. The van der Waals surface area contributed by atoms with E-state index in [1.165, 1.54) is 6.07 Å². The molecule has 2 rings (SSSR count). The lowest BCUT2D eigenvalue weighted by Gasteiger charge is -2.19. The largest absolute Gasteiger partial charge is 0.383 e. The summed E-state index contributed by atoms with van der Waals surface area (Å²) >= 11 is 1.74. The van der Waals surface area contributed by atoms with E-state index in [9.17, 15) is 9.18 Å². The summed E-state index contributed by atoms with van der Waals surface area (Å²) in [7, 11) is 1.67. The van der Waals surface area contributed by atoms with Gasteiger partial charge in [0.1, 0.15) is 5.82 Å². The molecule has 0 spiro atoms. The summed E-state index contributed by atoms with van der Waals surface area (Å²) in [6.45, 7) is 3.03. The minimum absolute atomic E-state index is 0.0121. The van der Waals surface area contributed by atoms with Gasteiger partial charge in [0.2, 0.25) is 0 Å².